The fourth-order valence-electron chi connectivity index (χ4n) is 4.66. The predicted octanol–water partition coefficient (Wildman–Crippen LogP) is 4.08. The molecule has 0 bridgehead atoms. The summed E-state index contributed by atoms with van der Waals surface area (Å²) in [6.45, 7) is 2.15. The summed E-state index contributed by atoms with van der Waals surface area (Å²) in [6, 6.07) is 23.2. The second-order valence-electron chi connectivity index (χ2n) is 9.46. The predicted molar refractivity (Wildman–Crippen MR) is 145 cm³/mol. The fourth-order valence-corrected chi connectivity index (χ4v) is 4.66. The molecule has 2 unspecified atom stereocenters. The number of nitrogens with one attached hydrogen (secondary N) is 2. The molecule has 3 atom stereocenters. The van der Waals surface area contributed by atoms with Gasteiger partial charge in [0.15, 0.2) is 0 Å². The van der Waals surface area contributed by atoms with E-state index in [2.05, 4.69) is 10.6 Å². The molecular formula is C30H30N4O5. The zero-order valence-corrected chi connectivity index (χ0v) is 21.5. The van der Waals surface area contributed by atoms with E-state index in [1.54, 1.807) is 25.1 Å². The van der Waals surface area contributed by atoms with Crippen LogP contribution in [-0.2, 0) is 33.9 Å². The molecule has 0 saturated carbocycles. The maximum atomic E-state index is 14.0. The van der Waals surface area contributed by atoms with Crippen LogP contribution in [0.4, 0.5) is 10.5 Å². The number of carbonyl (C=O) groups excluding carboxylic acids is 2. The molecule has 200 valence electrons. The molecule has 3 aromatic carbocycles. The highest BCUT2D eigenvalue weighted by atomic mass is 16.5. The first-order valence-electron chi connectivity index (χ1n) is 12.7. The second kappa shape index (κ2) is 12.7. The number of nitrogens with zero attached hydrogens (tertiary/aromatic N) is 2. The lowest BCUT2D eigenvalue weighted by Gasteiger charge is -2.39. The molecule has 3 amide bonds. The largest absolute Gasteiger partial charge is 0.481 e. The van der Waals surface area contributed by atoms with Gasteiger partial charge >= 0.3 is 12.0 Å². The zero-order chi connectivity index (χ0) is 27.8. The van der Waals surface area contributed by atoms with Crippen molar-refractivity contribution < 1.29 is 24.2 Å². The second-order valence-corrected chi connectivity index (χ2v) is 9.46. The Kier molecular flexibility index (Phi) is 8.92. The summed E-state index contributed by atoms with van der Waals surface area (Å²) in [5.41, 5.74) is 3.61. The maximum Gasteiger partial charge on any atom is 0.319 e. The first-order chi connectivity index (χ1) is 18.8. The average Bonchev–Trinajstić information content (AvgIpc) is 2.94. The first kappa shape index (κ1) is 27.4. The molecule has 39 heavy (non-hydrogen) atoms. The minimum atomic E-state index is -1.10. The fraction of sp³-hybridized carbons (Fsp3) is 0.267. The Morgan fingerprint density at radius 3 is 2.49 bits per heavy atom. The summed E-state index contributed by atoms with van der Waals surface area (Å²) in [7, 11) is 0. The molecule has 0 radical (unpaired) electrons. The van der Waals surface area contributed by atoms with E-state index < -0.39 is 36.1 Å². The van der Waals surface area contributed by atoms with Gasteiger partial charge in [0.25, 0.3) is 0 Å². The minimum absolute atomic E-state index is 0.223. The quantitative estimate of drug-likeness (QED) is 0.385. The SMILES string of the molecule is CC(OCc1ccccc1)C(NC(=O)Nc1cccc(C#N)c1)C(=O)N1Cc2ccccc2C[C@@H]1CC(=O)O. The van der Waals surface area contributed by atoms with E-state index in [4.69, 9.17) is 10.00 Å². The lowest BCUT2D eigenvalue weighted by molar-refractivity contribution is -0.144. The molecular weight excluding hydrogens is 496 g/mol. The highest BCUT2D eigenvalue weighted by Gasteiger charge is 2.38. The van der Waals surface area contributed by atoms with Gasteiger partial charge in [-0.25, -0.2) is 4.79 Å². The summed E-state index contributed by atoms with van der Waals surface area (Å²) in [4.78, 5) is 40.2. The van der Waals surface area contributed by atoms with Gasteiger partial charge in [0.1, 0.15) is 6.04 Å². The molecule has 0 aromatic heterocycles. The number of urea groups is 1. The van der Waals surface area contributed by atoms with Crippen LogP contribution in [-0.4, -0.2) is 46.1 Å². The van der Waals surface area contributed by atoms with Crippen molar-refractivity contribution in [2.75, 3.05) is 5.32 Å². The molecule has 3 N–H and O–H groups in total. The van der Waals surface area contributed by atoms with E-state index in [0.717, 1.165) is 16.7 Å². The standard InChI is InChI=1S/C30H30N4O5/c1-20(39-19-21-8-3-2-4-9-21)28(33-30(38)32-25-13-7-10-22(14-25)17-31)29(37)34-18-24-12-6-5-11-23(24)15-26(34)16-27(35)36/h2-14,20,26,28H,15-16,18-19H2,1H3,(H,35,36)(H2,32,33,38)/t20?,26-,28?/m1/s1. The van der Waals surface area contributed by atoms with Crippen molar-refractivity contribution in [3.8, 4) is 6.07 Å². The van der Waals surface area contributed by atoms with Crippen LogP contribution in [0, 0.1) is 11.3 Å². The molecule has 0 spiro atoms. The van der Waals surface area contributed by atoms with Gasteiger partial charge < -0.3 is 25.4 Å². The van der Waals surface area contributed by atoms with Crippen molar-refractivity contribution in [2.24, 2.45) is 0 Å². The van der Waals surface area contributed by atoms with E-state index in [0.29, 0.717) is 17.7 Å². The molecule has 3 aromatic rings. The zero-order valence-electron chi connectivity index (χ0n) is 21.5. The lowest BCUT2D eigenvalue weighted by Crippen LogP contribution is -2.58. The van der Waals surface area contributed by atoms with Gasteiger partial charge in [0, 0.05) is 18.3 Å². The number of nitriles is 1. The van der Waals surface area contributed by atoms with Crippen LogP contribution in [0.5, 0.6) is 0 Å². The summed E-state index contributed by atoms with van der Waals surface area (Å²) >= 11 is 0. The van der Waals surface area contributed by atoms with Gasteiger partial charge in [-0.05, 0) is 48.2 Å². The van der Waals surface area contributed by atoms with Gasteiger partial charge in [-0.2, -0.15) is 5.26 Å². The Balaban J connectivity index is 1.57. The van der Waals surface area contributed by atoms with E-state index in [1.807, 2.05) is 60.7 Å². The normalized spacial score (nSPS) is 15.8. The number of amides is 3. The van der Waals surface area contributed by atoms with Crippen LogP contribution in [0.15, 0.2) is 78.9 Å². The third kappa shape index (κ3) is 7.21. The molecule has 1 aliphatic rings. The molecule has 0 aliphatic carbocycles. The van der Waals surface area contributed by atoms with Crippen LogP contribution in [0.25, 0.3) is 0 Å². The third-order valence-electron chi connectivity index (χ3n) is 6.68. The van der Waals surface area contributed by atoms with E-state index in [9.17, 15) is 19.5 Å². The van der Waals surface area contributed by atoms with Gasteiger partial charge in [-0.15, -0.1) is 0 Å². The number of carbonyl (C=O) groups is 3. The number of ether oxygens (including phenoxy) is 1. The van der Waals surface area contributed by atoms with Crippen molar-refractivity contribution in [3.63, 3.8) is 0 Å². The number of fused-ring (bicyclic) bond motifs is 1. The van der Waals surface area contributed by atoms with Gasteiger partial charge in [-0.1, -0.05) is 60.7 Å². The Labute approximate surface area is 227 Å². The monoisotopic (exact) mass is 526 g/mol. The molecule has 0 fully saturated rings. The topological polar surface area (TPSA) is 132 Å². The number of hydrogen-bond acceptors (Lipinski definition) is 5. The Hall–Kier alpha value is -4.68. The van der Waals surface area contributed by atoms with Crippen molar-refractivity contribution in [1.82, 2.24) is 10.2 Å². The number of anilines is 1. The smallest absolute Gasteiger partial charge is 0.319 e. The molecule has 0 saturated heterocycles. The average molecular weight is 527 g/mol. The third-order valence-corrected chi connectivity index (χ3v) is 6.68. The van der Waals surface area contributed by atoms with E-state index in [1.165, 1.54) is 11.0 Å². The molecule has 9 heteroatoms. The van der Waals surface area contributed by atoms with Crippen LogP contribution < -0.4 is 10.6 Å². The molecule has 9 nitrogen and oxygen atoms in total. The lowest BCUT2D eigenvalue weighted by atomic mass is 9.91. The van der Waals surface area contributed by atoms with Crippen molar-refractivity contribution in [3.05, 3.63) is 101 Å². The summed E-state index contributed by atoms with van der Waals surface area (Å²) < 4.78 is 6.03. The van der Waals surface area contributed by atoms with Gasteiger partial charge in [0.2, 0.25) is 5.91 Å². The van der Waals surface area contributed by atoms with Crippen LogP contribution >= 0.6 is 0 Å². The highest BCUT2D eigenvalue weighted by molar-refractivity contribution is 5.94. The van der Waals surface area contributed by atoms with Crippen LogP contribution in [0.2, 0.25) is 0 Å². The summed E-state index contributed by atoms with van der Waals surface area (Å²) in [5.74, 6) is -1.44. The Morgan fingerprint density at radius 1 is 1.05 bits per heavy atom. The summed E-state index contributed by atoms with van der Waals surface area (Å²) in [5, 5.41) is 24.1. The number of carboxylic acid groups (broad SMARTS) is 1. The van der Waals surface area contributed by atoms with E-state index in [-0.39, 0.29) is 19.6 Å². The van der Waals surface area contributed by atoms with Gasteiger partial charge in [0.05, 0.1) is 30.8 Å². The Bertz CT molecular complexity index is 1370. The maximum absolute atomic E-state index is 14.0. The Morgan fingerprint density at radius 2 is 1.77 bits per heavy atom. The number of aliphatic carboxylic acids is 1. The van der Waals surface area contributed by atoms with Crippen molar-refractivity contribution in [1.29, 1.82) is 5.26 Å². The number of benzene rings is 3. The number of hydrogen-bond donors (Lipinski definition) is 3. The molecule has 4 rings (SSSR count). The molecule has 1 heterocycles. The molecule has 1 aliphatic heterocycles. The summed E-state index contributed by atoms with van der Waals surface area (Å²) in [6.07, 6.45) is -0.566. The van der Waals surface area contributed by atoms with Crippen molar-refractivity contribution >= 4 is 23.6 Å². The van der Waals surface area contributed by atoms with Crippen molar-refractivity contribution in [2.45, 2.75) is 51.1 Å². The number of rotatable bonds is 9. The van der Waals surface area contributed by atoms with E-state index >= 15 is 0 Å². The number of carboxylic acids is 1. The van der Waals surface area contributed by atoms with Gasteiger partial charge in [-0.3, -0.25) is 9.59 Å². The van der Waals surface area contributed by atoms with Crippen LogP contribution in [0.1, 0.15) is 35.6 Å². The van der Waals surface area contributed by atoms with Crippen LogP contribution in [0.3, 0.4) is 0 Å². The first-order valence-corrected chi connectivity index (χ1v) is 12.7. The minimum Gasteiger partial charge on any atom is -0.481 e. The highest BCUT2D eigenvalue weighted by Crippen LogP contribution is 2.26.